The molecule has 29 heavy (non-hydrogen) atoms. The average Bonchev–Trinajstić information content (AvgIpc) is 3.38. The lowest BCUT2D eigenvalue weighted by atomic mass is 10.0. The van der Waals surface area contributed by atoms with Crippen molar-refractivity contribution >= 4 is 0 Å². The van der Waals surface area contributed by atoms with Crippen LogP contribution in [0.4, 0.5) is 0 Å². The summed E-state index contributed by atoms with van der Waals surface area (Å²) in [6, 6.07) is 5.89. The minimum absolute atomic E-state index is 0.148. The van der Waals surface area contributed by atoms with Gasteiger partial charge in [-0.1, -0.05) is 5.16 Å². The molecule has 1 aromatic carbocycles. The van der Waals surface area contributed by atoms with E-state index in [2.05, 4.69) is 20.2 Å². The Morgan fingerprint density at radius 1 is 1.24 bits per heavy atom. The Hall–Kier alpha value is -3.46. The summed E-state index contributed by atoms with van der Waals surface area (Å²) >= 11 is 0. The fourth-order valence-corrected chi connectivity index (χ4v) is 3.62. The maximum atomic E-state index is 10.2. The Labute approximate surface area is 166 Å². The molecule has 1 aliphatic heterocycles. The van der Waals surface area contributed by atoms with E-state index in [1.807, 2.05) is 36.0 Å². The largest absolute Gasteiger partial charge is 0.497 e. The van der Waals surface area contributed by atoms with Crippen molar-refractivity contribution in [3.8, 4) is 34.2 Å². The first kappa shape index (κ1) is 17.6. The summed E-state index contributed by atoms with van der Waals surface area (Å²) in [5, 5.41) is 18.9. The second-order valence-electron chi connectivity index (χ2n) is 7.63. The topological polar surface area (TPSA) is 104 Å². The molecule has 9 heteroatoms. The molecule has 0 amide bonds. The van der Waals surface area contributed by atoms with E-state index in [4.69, 9.17) is 9.26 Å². The van der Waals surface area contributed by atoms with Gasteiger partial charge in [0, 0.05) is 30.8 Å². The number of aliphatic hydroxyl groups is 1. The van der Waals surface area contributed by atoms with Crippen molar-refractivity contribution in [2.75, 3.05) is 7.11 Å². The standard InChI is InChI=1S/C20H20N6O3/c1-20(2,27)19-22-18(24-29-19)17-15-7-11-9-25(3)23-16(11)13-8-12(28-4)5-6-14(13)26(15)10-21-17/h5-6,8-10,27H,7H2,1-4H3. The summed E-state index contributed by atoms with van der Waals surface area (Å²) in [5.74, 6) is 1.26. The molecular weight excluding hydrogens is 372 g/mol. The summed E-state index contributed by atoms with van der Waals surface area (Å²) < 4.78 is 14.5. The maximum Gasteiger partial charge on any atom is 0.258 e. The molecule has 148 valence electrons. The van der Waals surface area contributed by atoms with Crippen molar-refractivity contribution in [1.29, 1.82) is 0 Å². The van der Waals surface area contributed by atoms with Gasteiger partial charge in [-0.15, -0.1) is 0 Å². The minimum atomic E-state index is -1.22. The van der Waals surface area contributed by atoms with E-state index >= 15 is 0 Å². The van der Waals surface area contributed by atoms with Crippen molar-refractivity contribution in [3.63, 3.8) is 0 Å². The molecule has 0 bridgehead atoms. The van der Waals surface area contributed by atoms with Crippen LogP contribution in [0.15, 0.2) is 35.2 Å². The number of methoxy groups -OCH3 is 1. The van der Waals surface area contributed by atoms with Crippen molar-refractivity contribution < 1.29 is 14.4 Å². The molecule has 9 nitrogen and oxygen atoms in total. The molecule has 0 saturated heterocycles. The molecule has 3 aromatic heterocycles. The summed E-state index contributed by atoms with van der Waals surface area (Å²) in [6.45, 7) is 3.20. The third kappa shape index (κ3) is 2.73. The van der Waals surface area contributed by atoms with Crippen LogP contribution < -0.4 is 4.74 Å². The zero-order chi connectivity index (χ0) is 20.3. The number of rotatable bonds is 3. The van der Waals surface area contributed by atoms with Crippen LogP contribution >= 0.6 is 0 Å². The van der Waals surface area contributed by atoms with E-state index in [1.165, 1.54) is 0 Å². The summed E-state index contributed by atoms with van der Waals surface area (Å²) in [6.07, 6.45) is 4.35. The monoisotopic (exact) mass is 392 g/mol. The van der Waals surface area contributed by atoms with Crippen LogP contribution in [-0.4, -0.2) is 41.7 Å². The number of ether oxygens (including phenoxy) is 1. The summed E-state index contributed by atoms with van der Waals surface area (Å²) in [5.41, 5.74) is 4.20. The van der Waals surface area contributed by atoms with Crippen LogP contribution in [0.2, 0.25) is 0 Å². The van der Waals surface area contributed by atoms with Gasteiger partial charge in [0.05, 0.1) is 24.2 Å². The van der Waals surface area contributed by atoms with Crippen LogP contribution in [-0.2, 0) is 19.1 Å². The molecule has 0 unspecified atom stereocenters. The van der Waals surface area contributed by atoms with E-state index < -0.39 is 5.60 Å². The highest BCUT2D eigenvalue weighted by atomic mass is 16.5. The van der Waals surface area contributed by atoms with Crippen LogP contribution in [0.25, 0.3) is 28.5 Å². The molecule has 4 aromatic rings. The Bertz CT molecular complexity index is 1230. The summed E-state index contributed by atoms with van der Waals surface area (Å²) in [4.78, 5) is 8.93. The van der Waals surface area contributed by atoms with Crippen LogP contribution in [0.5, 0.6) is 5.75 Å². The van der Waals surface area contributed by atoms with Gasteiger partial charge < -0.3 is 18.9 Å². The molecule has 0 spiro atoms. The van der Waals surface area contributed by atoms with E-state index in [1.54, 1.807) is 32.0 Å². The Balaban J connectivity index is 1.72. The molecule has 5 rings (SSSR count). The van der Waals surface area contributed by atoms with Gasteiger partial charge in [-0.2, -0.15) is 10.1 Å². The zero-order valence-corrected chi connectivity index (χ0v) is 16.5. The van der Waals surface area contributed by atoms with Crippen molar-refractivity contribution in [3.05, 3.63) is 47.9 Å². The third-order valence-corrected chi connectivity index (χ3v) is 5.01. The highest BCUT2D eigenvalue weighted by Gasteiger charge is 2.29. The molecule has 0 saturated carbocycles. The number of hydrogen-bond acceptors (Lipinski definition) is 7. The first-order chi connectivity index (χ1) is 13.8. The predicted octanol–water partition coefficient (Wildman–Crippen LogP) is 2.46. The molecule has 0 radical (unpaired) electrons. The molecular formula is C20H20N6O3. The number of benzene rings is 1. The maximum absolute atomic E-state index is 10.2. The van der Waals surface area contributed by atoms with E-state index in [9.17, 15) is 5.11 Å². The van der Waals surface area contributed by atoms with E-state index in [-0.39, 0.29) is 5.89 Å². The number of nitrogens with zero attached hydrogens (tertiary/aromatic N) is 6. The fourth-order valence-electron chi connectivity index (χ4n) is 3.62. The van der Waals surface area contributed by atoms with E-state index in [0.29, 0.717) is 17.9 Å². The number of fused-ring (bicyclic) bond motifs is 5. The minimum Gasteiger partial charge on any atom is -0.497 e. The van der Waals surface area contributed by atoms with Crippen molar-refractivity contribution in [2.24, 2.45) is 7.05 Å². The molecule has 1 aliphatic rings. The van der Waals surface area contributed by atoms with Crippen molar-refractivity contribution in [1.82, 2.24) is 29.5 Å². The van der Waals surface area contributed by atoms with Crippen LogP contribution in [0, 0.1) is 0 Å². The van der Waals surface area contributed by atoms with Gasteiger partial charge in [-0.3, -0.25) is 4.68 Å². The second-order valence-corrected chi connectivity index (χ2v) is 7.63. The van der Waals surface area contributed by atoms with Gasteiger partial charge >= 0.3 is 0 Å². The van der Waals surface area contributed by atoms with Crippen molar-refractivity contribution in [2.45, 2.75) is 25.9 Å². The van der Waals surface area contributed by atoms with Gasteiger partial charge in [-0.25, -0.2) is 4.98 Å². The first-order valence-electron chi connectivity index (χ1n) is 9.19. The lowest BCUT2D eigenvalue weighted by Crippen LogP contribution is -2.15. The number of aromatic nitrogens is 6. The highest BCUT2D eigenvalue weighted by Crippen LogP contribution is 2.38. The van der Waals surface area contributed by atoms with Gasteiger partial charge in [0.25, 0.3) is 5.89 Å². The average molecular weight is 392 g/mol. The highest BCUT2D eigenvalue weighted by molar-refractivity contribution is 5.77. The smallest absolute Gasteiger partial charge is 0.258 e. The number of aryl methyl sites for hydroxylation is 1. The van der Waals surface area contributed by atoms with Gasteiger partial charge in [0.15, 0.2) is 0 Å². The quantitative estimate of drug-likeness (QED) is 0.503. The lowest BCUT2D eigenvalue weighted by molar-refractivity contribution is 0.0420. The molecule has 4 heterocycles. The van der Waals surface area contributed by atoms with Gasteiger partial charge in [0.2, 0.25) is 5.82 Å². The molecule has 0 aliphatic carbocycles. The predicted molar refractivity (Wildman–Crippen MR) is 104 cm³/mol. The summed E-state index contributed by atoms with van der Waals surface area (Å²) in [7, 11) is 3.55. The third-order valence-electron chi connectivity index (χ3n) is 5.01. The number of hydrogen-bond donors (Lipinski definition) is 1. The Kier molecular flexibility index (Phi) is 3.66. The van der Waals surface area contributed by atoms with Crippen LogP contribution in [0.3, 0.4) is 0 Å². The Morgan fingerprint density at radius 2 is 2.07 bits per heavy atom. The molecule has 1 N–H and O–H groups in total. The first-order valence-corrected chi connectivity index (χ1v) is 9.19. The fraction of sp³-hybridized carbons (Fsp3) is 0.300. The second kappa shape index (κ2) is 6.02. The SMILES string of the molecule is COc1ccc2c(c1)-c1nn(C)cc1Cc1c(-c3noc(C(C)(C)O)n3)ncn1-2. The van der Waals surface area contributed by atoms with E-state index in [0.717, 1.165) is 34.0 Å². The Morgan fingerprint density at radius 3 is 2.79 bits per heavy atom. The van der Waals surface area contributed by atoms with Crippen LogP contribution in [0.1, 0.15) is 31.0 Å². The molecule has 0 atom stereocenters. The zero-order valence-electron chi connectivity index (χ0n) is 16.5. The molecule has 0 fully saturated rings. The normalized spacial score (nSPS) is 12.9. The van der Waals surface area contributed by atoms with Gasteiger partial charge in [0.1, 0.15) is 23.4 Å². The number of imidazole rings is 1. The lowest BCUT2D eigenvalue weighted by Gasteiger charge is -2.11. The van der Waals surface area contributed by atoms with Gasteiger partial charge in [-0.05, 0) is 32.0 Å².